The molecule has 0 aliphatic carbocycles. The molecule has 3 rings (SSSR count). The number of aryl methyl sites for hydroxylation is 1. The minimum atomic E-state index is -3.32. The second kappa shape index (κ2) is 4.13. The molecule has 0 spiro atoms. The van der Waals surface area contributed by atoms with Gasteiger partial charge in [0.15, 0.2) is 0 Å². The third kappa shape index (κ3) is 1.95. The molecule has 2 aliphatic rings. The van der Waals surface area contributed by atoms with Crippen molar-refractivity contribution in [3.63, 3.8) is 0 Å². The van der Waals surface area contributed by atoms with Gasteiger partial charge in [0.2, 0.25) is 0 Å². The van der Waals surface area contributed by atoms with Gasteiger partial charge in [-0.1, -0.05) is 0 Å². The van der Waals surface area contributed by atoms with E-state index in [2.05, 4.69) is 0 Å². The Hall–Kier alpha value is -1.27. The highest BCUT2D eigenvalue weighted by molar-refractivity contribution is 7.90. The highest BCUT2D eigenvalue weighted by Gasteiger charge is 2.35. The fourth-order valence-electron chi connectivity index (χ4n) is 2.12. The predicted octanol–water partition coefficient (Wildman–Crippen LogP) is 1.01. The van der Waals surface area contributed by atoms with Crippen LogP contribution in [0, 0.1) is 0 Å². The minimum absolute atomic E-state index is 0.626. The zero-order valence-electron chi connectivity index (χ0n) is 10.3. The Kier molecular flexibility index (Phi) is 2.71. The number of fused-ring (bicyclic) bond motifs is 1. The molecule has 0 saturated carbocycles. The van der Waals surface area contributed by atoms with Crippen molar-refractivity contribution in [3.8, 4) is 5.75 Å². The molecule has 6 heteroatoms. The van der Waals surface area contributed by atoms with Gasteiger partial charge >= 0.3 is 10.2 Å². The average Bonchev–Trinajstić information content (AvgIpc) is 3.22. The van der Waals surface area contributed by atoms with Crippen molar-refractivity contribution in [2.45, 2.75) is 12.8 Å². The molecule has 2 aliphatic heterocycles. The van der Waals surface area contributed by atoms with Crippen LogP contribution < -0.4 is 9.04 Å². The number of rotatable bonds is 3. The Labute approximate surface area is 107 Å². The Balaban J connectivity index is 1.92. The molecule has 0 N–H and O–H groups in total. The van der Waals surface area contributed by atoms with Gasteiger partial charge in [0.25, 0.3) is 0 Å². The smallest absolute Gasteiger partial charge is 0.303 e. The molecule has 0 amide bonds. The van der Waals surface area contributed by atoms with Crippen LogP contribution in [0.2, 0.25) is 0 Å². The van der Waals surface area contributed by atoms with Gasteiger partial charge in [-0.2, -0.15) is 12.7 Å². The first-order valence-corrected chi connectivity index (χ1v) is 7.48. The lowest BCUT2D eigenvalue weighted by molar-refractivity contribution is 0.288. The van der Waals surface area contributed by atoms with Gasteiger partial charge in [-0.05, 0) is 36.6 Å². The van der Waals surface area contributed by atoms with Crippen molar-refractivity contribution in [1.29, 1.82) is 0 Å². The maximum absolute atomic E-state index is 12.1. The number of hydrogen-bond donors (Lipinski definition) is 0. The van der Waals surface area contributed by atoms with Crippen LogP contribution in [0.15, 0.2) is 18.2 Å². The van der Waals surface area contributed by atoms with Gasteiger partial charge in [0, 0.05) is 20.1 Å². The zero-order chi connectivity index (χ0) is 12.8. The highest BCUT2D eigenvalue weighted by Crippen LogP contribution is 2.30. The van der Waals surface area contributed by atoms with E-state index in [0.29, 0.717) is 18.8 Å². The SMILES string of the molecule is CN(c1ccc2c(c1)CCCO2)S(=O)(=O)N1CC1. The topological polar surface area (TPSA) is 49.6 Å². The maximum Gasteiger partial charge on any atom is 0.303 e. The first-order valence-electron chi connectivity index (χ1n) is 6.09. The summed E-state index contributed by atoms with van der Waals surface area (Å²) in [5, 5.41) is 0. The van der Waals surface area contributed by atoms with E-state index in [9.17, 15) is 8.42 Å². The van der Waals surface area contributed by atoms with Gasteiger partial charge in [0.05, 0.1) is 12.3 Å². The summed E-state index contributed by atoms with van der Waals surface area (Å²) in [5.74, 6) is 0.877. The minimum Gasteiger partial charge on any atom is -0.493 e. The van der Waals surface area contributed by atoms with Crippen LogP contribution in [0.25, 0.3) is 0 Å². The van der Waals surface area contributed by atoms with E-state index in [-0.39, 0.29) is 0 Å². The summed E-state index contributed by atoms with van der Waals surface area (Å²) in [6, 6.07) is 5.57. The maximum atomic E-state index is 12.1. The molecule has 0 atom stereocenters. The van der Waals surface area contributed by atoms with E-state index in [1.165, 1.54) is 8.61 Å². The molecule has 1 fully saturated rings. The first kappa shape index (κ1) is 11.8. The molecule has 1 aromatic rings. The number of hydrogen-bond acceptors (Lipinski definition) is 3. The Bertz CT molecular complexity index is 567. The van der Waals surface area contributed by atoms with Crippen LogP contribution >= 0.6 is 0 Å². The molecule has 0 aromatic heterocycles. The lowest BCUT2D eigenvalue weighted by atomic mass is 10.1. The second-order valence-corrected chi connectivity index (χ2v) is 6.58. The van der Waals surface area contributed by atoms with E-state index in [1.54, 1.807) is 13.1 Å². The van der Waals surface area contributed by atoms with E-state index in [0.717, 1.165) is 30.8 Å². The summed E-state index contributed by atoms with van der Waals surface area (Å²) in [6.45, 7) is 2.00. The number of nitrogens with zero attached hydrogens (tertiary/aromatic N) is 2. The molecule has 1 aromatic carbocycles. The van der Waals surface area contributed by atoms with Crippen molar-refractivity contribution < 1.29 is 13.2 Å². The van der Waals surface area contributed by atoms with Crippen molar-refractivity contribution >= 4 is 15.9 Å². The summed E-state index contributed by atoms with van der Waals surface area (Å²) < 4.78 is 32.5. The van der Waals surface area contributed by atoms with E-state index < -0.39 is 10.2 Å². The number of benzene rings is 1. The van der Waals surface area contributed by atoms with Crippen molar-refractivity contribution in [3.05, 3.63) is 23.8 Å². The zero-order valence-corrected chi connectivity index (χ0v) is 11.1. The standard InChI is InChI=1S/C12H16N2O3S/c1-13(18(15,16)14-6-7-14)11-4-5-12-10(9-11)3-2-8-17-12/h4-5,9H,2-3,6-8H2,1H3. The summed E-state index contributed by atoms with van der Waals surface area (Å²) in [5.41, 5.74) is 1.79. The first-order chi connectivity index (χ1) is 8.59. The molecule has 2 heterocycles. The molecule has 5 nitrogen and oxygen atoms in total. The van der Waals surface area contributed by atoms with Crippen molar-refractivity contribution in [2.75, 3.05) is 31.0 Å². The molecule has 0 bridgehead atoms. The van der Waals surface area contributed by atoms with Crippen molar-refractivity contribution in [2.24, 2.45) is 0 Å². The molecular formula is C12H16N2O3S. The number of anilines is 1. The Morgan fingerprint density at radius 2 is 2.11 bits per heavy atom. The third-order valence-corrected chi connectivity index (χ3v) is 5.25. The van der Waals surface area contributed by atoms with Crippen molar-refractivity contribution in [1.82, 2.24) is 4.31 Å². The van der Waals surface area contributed by atoms with Gasteiger partial charge in [0.1, 0.15) is 5.75 Å². The van der Waals surface area contributed by atoms with Gasteiger partial charge in [-0.15, -0.1) is 0 Å². The fourth-order valence-corrected chi connectivity index (χ4v) is 3.39. The second-order valence-electron chi connectivity index (χ2n) is 4.62. The fraction of sp³-hybridized carbons (Fsp3) is 0.500. The molecule has 1 saturated heterocycles. The molecular weight excluding hydrogens is 252 g/mol. The van der Waals surface area contributed by atoms with Gasteiger partial charge in [-0.3, -0.25) is 4.31 Å². The van der Waals surface area contributed by atoms with Crippen LogP contribution in [-0.4, -0.2) is 39.5 Å². The van der Waals surface area contributed by atoms with Gasteiger partial charge in [-0.25, -0.2) is 0 Å². The van der Waals surface area contributed by atoms with E-state index in [1.807, 2.05) is 12.1 Å². The molecule has 18 heavy (non-hydrogen) atoms. The normalized spacial score (nSPS) is 18.9. The van der Waals surface area contributed by atoms with Crippen LogP contribution in [0.3, 0.4) is 0 Å². The van der Waals surface area contributed by atoms with Crippen LogP contribution in [0.1, 0.15) is 12.0 Å². The van der Waals surface area contributed by atoms with E-state index in [4.69, 9.17) is 4.74 Å². The summed E-state index contributed by atoms with van der Waals surface area (Å²) >= 11 is 0. The quantitative estimate of drug-likeness (QED) is 0.769. The van der Waals surface area contributed by atoms with Crippen LogP contribution in [0.5, 0.6) is 5.75 Å². The third-order valence-electron chi connectivity index (χ3n) is 3.33. The molecule has 98 valence electrons. The van der Waals surface area contributed by atoms with E-state index >= 15 is 0 Å². The summed E-state index contributed by atoms with van der Waals surface area (Å²) in [4.78, 5) is 0. The Morgan fingerprint density at radius 3 is 2.83 bits per heavy atom. The Morgan fingerprint density at radius 1 is 1.33 bits per heavy atom. The lowest BCUT2D eigenvalue weighted by Gasteiger charge is -2.23. The average molecular weight is 268 g/mol. The predicted molar refractivity (Wildman–Crippen MR) is 69.2 cm³/mol. The molecule has 0 unspecified atom stereocenters. The highest BCUT2D eigenvalue weighted by atomic mass is 32.2. The largest absolute Gasteiger partial charge is 0.493 e. The van der Waals surface area contributed by atoms with Crippen LogP contribution in [0.4, 0.5) is 5.69 Å². The summed E-state index contributed by atoms with van der Waals surface area (Å²) in [7, 11) is -1.72. The monoisotopic (exact) mass is 268 g/mol. The molecule has 0 radical (unpaired) electrons. The summed E-state index contributed by atoms with van der Waals surface area (Å²) in [6.07, 6.45) is 1.93. The number of ether oxygens (including phenoxy) is 1. The van der Waals surface area contributed by atoms with Gasteiger partial charge < -0.3 is 4.74 Å². The van der Waals surface area contributed by atoms with Crippen LogP contribution in [-0.2, 0) is 16.6 Å². The lowest BCUT2D eigenvalue weighted by Crippen LogP contribution is -2.32.